The first-order valence-electron chi connectivity index (χ1n) is 7.48. The monoisotopic (exact) mass is 285 g/mol. The number of hydrogen-bond donors (Lipinski definition) is 1. The number of nitrogens with one attached hydrogen (secondary N) is 1. The summed E-state index contributed by atoms with van der Waals surface area (Å²) in [5.74, 6) is -2.99. The van der Waals surface area contributed by atoms with E-state index in [1.54, 1.807) is 0 Å². The van der Waals surface area contributed by atoms with Crippen molar-refractivity contribution >= 4 is 0 Å². The smallest absolute Gasteiger partial charge is 0.194 e. The van der Waals surface area contributed by atoms with Crippen molar-refractivity contribution in [1.29, 1.82) is 0 Å². The maximum absolute atomic E-state index is 13.2. The summed E-state index contributed by atoms with van der Waals surface area (Å²) in [6, 6.07) is 2.50. The Balaban J connectivity index is 1.95. The average Bonchev–Trinajstić information content (AvgIpc) is 2.46. The topological polar surface area (TPSA) is 12.0 Å². The summed E-state index contributed by atoms with van der Waals surface area (Å²) in [4.78, 5) is 0. The predicted molar refractivity (Wildman–Crippen MR) is 73.8 cm³/mol. The third-order valence-electron chi connectivity index (χ3n) is 4.27. The molecule has 1 fully saturated rings. The summed E-state index contributed by atoms with van der Waals surface area (Å²) in [5, 5.41) is 3.37. The first-order chi connectivity index (χ1) is 9.61. The molecule has 20 heavy (non-hydrogen) atoms. The zero-order valence-electron chi connectivity index (χ0n) is 11.9. The summed E-state index contributed by atoms with van der Waals surface area (Å²) in [6.07, 6.45) is 7.28. The number of hydrogen-bond acceptors (Lipinski definition) is 1. The number of benzene rings is 1. The zero-order chi connectivity index (χ0) is 14.5. The van der Waals surface area contributed by atoms with E-state index in [1.807, 2.05) is 0 Å². The minimum Gasteiger partial charge on any atom is -0.310 e. The van der Waals surface area contributed by atoms with Gasteiger partial charge in [-0.15, -0.1) is 0 Å². The fourth-order valence-corrected chi connectivity index (χ4v) is 3.14. The lowest BCUT2D eigenvalue weighted by molar-refractivity contribution is 0.261. The largest absolute Gasteiger partial charge is 0.310 e. The molecule has 1 aromatic rings. The van der Waals surface area contributed by atoms with Crippen molar-refractivity contribution in [3.05, 3.63) is 35.1 Å². The Kier molecular flexibility index (Phi) is 5.46. The fraction of sp³-hybridized carbons (Fsp3) is 0.625. The van der Waals surface area contributed by atoms with Crippen molar-refractivity contribution in [2.45, 2.75) is 58.0 Å². The molecule has 0 aliphatic heterocycles. The Morgan fingerprint density at radius 1 is 1.10 bits per heavy atom. The Morgan fingerprint density at radius 2 is 1.70 bits per heavy atom. The molecule has 1 aliphatic carbocycles. The van der Waals surface area contributed by atoms with Crippen LogP contribution in [0.2, 0.25) is 0 Å². The van der Waals surface area contributed by atoms with Crippen LogP contribution in [0.4, 0.5) is 13.2 Å². The van der Waals surface area contributed by atoms with Gasteiger partial charge in [-0.2, -0.15) is 0 Å². The van der Waals surface area contributed by atoms with Crippen molar-refractivity contribution in [1.82, 2.24) is 5.32 Å². The lowest BCUT2D eigenvalue weighted by Gasteiger charge is -2.30. The number of rotatable bonds is 5. The van der Waals surface area contributed by atoms with Gasteiger partial charge in [-0.1, -0.05) is 26.2 Å². The molecule has 0 aromatic heterocycles. The summed E-state index contributed by atoms with van der Waals surface area (Å²) < 4.78 is 39.2. The Hall–Kier alpha value is -1.03. The van der Waals surface area contributed by atoms with Gasteiger partial charge in [-0.05, 0) is 42.9 Å². The molecular formula is C16H22F3N. The van der Waals surface area contributed by atoms with E-state index in [9.17, 15) is 13.2 Å². The van der Waals surface area contributed by atoms with E-state index < -0.39 is 17.5 Å². The van der Waals surface area contributed by atoms with E-state index in [0.717, 1.165) is 18.6 Å². The second-order valence-electron chi connectivity index (χ2n) is 5.67. The minimum atomic E-state index is -1.40. The summed E-state index contributed by atoms with van der Waals surface area (Å²) >= 11 is 0. The van der Waals surface area contributed by atoms with Crippen LogP contribution in [-0.2, 0) is 6.54 Å². The Morgan fingerprint density at radius 3 is 2.25 bits per heavy atom. The summed E-state index contributed by atoms with van der Waals surface area (Å²) in [5.41, 5.74) is 0.454. The molecule has 1 unspecified atom stereocenters. The third kappa shape index (κ3) is 3.75. The highest BCUT2D eigenvalue weighted by atomic mass is 19.2. The third-order valence-corrected chi connectivity index (χ3v) is 4.27. The lowest BCUT2D eigenvalue weighted by Crippen LogP contribution is -2.36. The van der Waals surface area contributed by atoms with Gasteiger partial charge >= 0.3 is 0 Å². The van der Waals surface area contributed by atoms with Gasteiger partial charge in [-0.3, -0.25) is 0 Å². The van der Waals surface area contributed by atoms with Crippen LogP contribution in [-0.4, -0.2) is 6.04 Å². The Bertz CT molecular complexity index is 418. The van der Waals surface area contributed by atoms with Crippen LogP contribution in [0, 0.1) is 23.4 Å². The molecule has 1 aromatic carbocycles. The highest BCUT2D eigenvalue weighted by Crippen LogP contribution is 2.28. The van der Waals surface area contributed by atoms with Crippen molar-refractivity contribution in [2.24, 2.45) is 5.92 Å². The van der Waals surface area contributed by atoms with Crippen molar-refractivity contribution < 1.29 is 13.2 Å². The molecule has 2 rings (SSSR count). The standard InChI is InChI=1S/C16H22F3N/c1-2-15(12-6-4-3-5-7-12)20-10-11-8-13(17)16(19)14(18)9-11/h8-9,12,15,20H,2-7,10H2,1H3. The van der Waals surface area contributed by atoms with Crippen LogP contribution in [0.1, 0.15) is 51.0 Å². The summed E-state index contributed by atoms with van der Waals surface area (Å²) in [7, 11) is 0. The van der Waals surface area contributed by atoms with Crippen molar-refractivity contribution in [3.63, 3.8) is 0 Å². The molecular weight excluding hydrogens is 263 g/mol. The Labute approximate surface area is 118 Å². The normalized spacial score (nSPS) is 18.2. The van der Waals surface area contributed by atoms with Gasteiger partial charge in [0.15, 0.2) is 17.5 Å². The molecule has 0 spiro atoms. The molecule has 0 bridgehead atoms. The highest BCUT2D eigenvalue weighted by molar-refractivity contribution is 5.19. The molecule has 1 atom stereocenters. The summed E-state index contributed by atoms with van der Waals surface area (Å²) in [6.45, 7) is 2.50. The average molecular weight is 285 g/mol. The second kappa shape index (κ2) is 7.11. The predicted octanol–water partition coefficient (Wildman–Crippen LogP) is 4.55. The lowest BCUT2D eigenvalue weighted by atomic mass is 9.83. The van der Waals surface area contributed by atoms with Gasteiger partial charge in [0.2, 0.25) is 0 Å². The van der Waals surface area contributed by atoms with E-state index in [0.29, 0.717) is 24.1 Å². The molecule has 0 radical (unpaired) electrons. The molecule has 0 saturated heterocycles. The molecule has 1 nitrogen and oxygen atoms in total. The zero-order valence-corrected chi connectivity index (χ0v) is 11.9. The van der Waals surface area contributed by atoms with Crippen LogP contribution in [0.25, 0.3) is 0 Å². The molecule has 0 amide bonds. The molecule has 1 N–H and O–H groups in total. The minimum absolute atomic E-state index is 0.367. The van der Waals surface area contributed by atoms with Crippen LogP contribution < -0.4 is 5.32 Å². The first kappa shape index (κ1) is 15.4. The van der Waals surface area contributed by atoms with Crippen molar-refractivity contribution in [3.8, 4) is 0 Å². The molecule has 0 heterocycles. The van der Waals surface area contributed by atoms with Gasteiger partial charge in [0.25, 0.3) is 0 Å². The maximum atomic E-state index is 13.2. The highest BCUT2D eigenvalue weighted by Gasteiger charge is 2.22. The molecule has 1 saturated carbocycles. The van der Waals surface area contributed by atoms with E-state index >= 15 is 0 Å². The number of halogens is 3. The van der Waals surface area contributed by atoms with E-state index in [2.05, 4.69) is 12.2 Å². The van der Waals surface area contributed by atoms with Crippen LogP contribution in [0.5, 0.6) is 0 Å². The quantitative estimate of drug-likeness (QED) is 0.782. The van der Waals surface area contributed by atoms with E-state index in [4.69, 9.17) is 0 Å². The first-order valence-corrected chi connectivity index (χ1v) is 7.48. The van der Waals surface area contributed by atoms with Gasteiger partial charge in [0, 0.05) is 12.6 Å². The van der Waals surface area contributed by atoms with Gasteiger partial charge in [0.05, 0.1) is 0 Å². The van der Waals surface area contributed by atoms with Gasteiger partial charge in [-0.25, -0.2) is 13.2 Å². The molecule has 112 valence electrons. The van der Waals surface area contributed by atoms with Gasteiger partial charge in [0.1, 0.15) is 0 Å². The fourth-order valence-electron chi connectivity index (χ4n) is 3.14. The van der Waals surface area contributed by atoms with Gasteiger partial charge < -0.3 is 5.32 Å². The maximum Gasteiger partial charge on any atom is 0.194 e. The van der Waals surface area contributed by atoms with E-state index in [-0.39, 0.29) is 0 Å². The van der Waals surface area contributed by atoms with Crippen LogP contribution >= 0.6 is 0 Å². The van der Waals surface area contributed by atoms with E-state index in [1.165, 1.54) is 32.1 Å². The van der Waals surface area contributed by atoms with Crippen LogP contribution in [0.15, 0.2) is 12.1 Å². The second-order valence-corrected chi connectivity index (χ2v) is 5.67. The molecule has 1 aliphatic rings. The van der Waals surface area contributed by atoms with Crippen molar-refractivity contribution in [2.75, 3.05) is 0 Å². The molecule has 4 heteroatoms. The SMILES string of the molecule is CCC(NCc1cc(F)c(F)c(F)c1)C1CCCCC1. The van der Waals surface area contributed by atoms with Crippen LogP contribution in [0.3, 0.4) is 0 Å².